The number of nitro benzene ring substituents is 1. The van der Waals surface area contributed by atoms with Gasteiger partial charge in [-0.2, -0.15) is 5.10 Å². The Morgan fingerprint density at radius 2 is 2.15 bits per heavy atom. The van der Waals surface area contributed by atoms with Crippen LogP contribution in [0.3, 0.4) is 0 Å². The normalized spacial score (nSPS) is 12.3. The SMILES string of the molecule is COCC(O)Cn1cnc(-c2ccc([N+](=O)[O-])cc2)n1. The van der Waals surface area contributed by atoms with E-state index >= 15 is 0 Å². The van der Waals surface area contributed by atoms with Gasteiger partial charge in [0.2, 0.25) is 0 Å². The molecule has 2 aromatic rings. The van der Waals surface area contributed by atoms with E-state index in [-0.39, 0.29) is 18.8 Å². The van der Waals surface area contributed by atoms with Crippen LogP contribution in [0, 0.1) is 10.1 Å². The summed E-state index contributed by atoms with van der Waals surface area (Å²) in [7, 11) is 1.51. The van der Waals surface area contributed by atoms with Gasteiger partial charge in [0, 0.05) is 24.8 Å². The second kappa shape index (κ2) is 6.22. The molecule has 106 valence electrons. The molecular weight excluding hydrogens is 264 g/mol. The van der Waals surface area contributed by atoms with Gasteiger partial charge in [-0.1, -0.05) is 0 Å². The number of hydrogen-bond donors (Lipinski definition) is 1. The van der Waals surface area contributed by atoms with Crippen molar-refractivity contribution in [1.29, 1.82) is 0 Å². The first kappa shape index (κ1) is 14.1. The highest BCUT2D eigenvalue weighted by molar-refractivity contribution is 5.56. The molecule has 0 aliphatic heterocycles. The Hall–Kier alpha value is -2.32. The number of benzene rings is 1. The lowest BCUT2D eigenvalue weighted by Gasteiger charge is -2.07. The zero-order valence-corrected chi connectivity index (χ0v) is 10.8. The Balaban J connectivity index is 2.10. The maximum absolute atomic E-state index is 10.6. The fraction of sp³-hybridized carbons (Fsp3) is 0.333. The van der Waals surface area contributed by atoms with Crippen molar-refractivity contribution in [2.24, 2.45) is 0 Å². The maximum atomic E-state index is 10.6. The van der Waals surface area contributed by atoms with E-state index in [0.717, 1.165) is 0 Å². The van der Waals surface area contributed by atoms with Crippen molar-refractivity contribution >= 4 is 5.69 Å². The van der Waals surface area contributed by atoms with E-state index in [1.54, 1.807) is 12.1 Å². The summed E-state index contributed by atoms with van der Waals surface area (Å²) in [6.07, 6.45) is 0.835. The second-order valence-electron chi connectivity index (χ2n) is 4.20. The van der Waals surface area contributed by atoms with Gasteiger partial charge in [0.25, 0.3) is 5.69 Å². The largest absolute Gasteiger partial charge is 0.389 e. The third-order valence-electron chi connectivity index (χ3n) is 2.63. The topological polar surface area (TPSA) is 103 Å². The molecular formula is C12H14N4O4. The summed E-state index contributed by atoms with van der Waals surface area (Å²) in [6, 6.07) is 5.97. The Kier molecular flexibility index (Phi) is 4.38. The van der Waals surface area contributed by atoms with E-state index in [1.165, 1.54) is 30.3 Å². The van der Waals surface area contributed by atoms with Crippen molar-refractivity contribution in [2.45, 2.75) is 12.6 Å². The summed E-state index contributed by atoms with van der Waals surface area (Å²) in [5.74, 6) is 0.449. The van der Waals surface area contributed by atoms with Gasteiger partial charge in [0.05, 0.1) is 24.2 Å². The van der Waals surface area contributed by atoms with Gasteiger partial charge in [-0.05, 0) is 12.1 Å². The number of methoxy groups -OCH3 is 1. The Morgan fingerprint density at radius 3 is 2.75 bits per heavy atom. The van der Waals surface area contributed by atoms with E-state index in [2.05, 4.69) is 10.1 Å². The molecule has 0 spiro atoms. The van der Waals surface area contributed by atoms with E-state index in [0.29, 0.717) is 11.4 Å². The van der Waals surface area contributed by atoms with Crippen LogP contribution < -0.4 is 0 Å². The predicted octanol–water partition coefficient (Wildman–Crippen LogP) is 0.861. The van der Waals surface area contributed by atoms with Crippen molar-refractivity contribution in [2.75, 3.05) is 13.7 Å². The van der Waals surface area contributed by atoms with Gasteiger partial charge in [0.15, 0.2) is 5.82 Å². The number of nitrogens with zero attached hydrogens (tertiary/aromatic N) is 4. The molecule has 0 bridgehead atoms. The van der Waals surface area contributed by atoms with Gasteiger partial charge >= 0.3 is 0 Å². The van der Waals surface area contributed by atoms with E-state index in [1.807, 2.05) is 0 Å². The summed E-state index contributed by atoms with van der Waals surface area (Å²) in [5.41, 5.74) is 0.694. The number of ether oxygens (including phenoxy) is 1. The number of hydrogen-bond acceptors (Lipinski definition) is 6. The third-order valence-corrected chi connectivity index (χ3v) is 2.63. The second-order valence-corrected chi connectivity index (χ2v) is 4.20. The van der Waals surface area contributed by atoms with Crippen molar-refractivity contribution in [3.05, 3.63) is 40.7 Å². The molecule has 0 aliphatic rings. The van der Waals surface area contributed by atoms with E-state index in [4.69, 9.17) is 4.74 Å². The van der Waals surface area contributed by atoms with Crippen LogP contribution in [-0.4, -0.2) is 44.6 Å². The summed E-state index contributed by atoms with van der Waals surface area (Å²) < 4.78 is 6.33. The summed E-state index contributed by atoms with van der Waals surface area (Å²) in [5, 5.41) is 24.4. The first-order valence-corrected chi connectivity index (χ1v) is 5.91. The molecule has 1 N–H and O–H groups in total. The molecule has 1 unspecified atom stereocenters. The van der Waals surface area contributed by atoms with Gasteiger partial charge in [-0.3, -0.25) is 10.1 Å². The number of nitro groups is 1. The lowest BCUT2D eigenvalue weighted by atomic mass is 10.2. The molecule has 0 amide bonds. The van der Waals surface area contributed by atoms with Crippen LogP contribution in [0.4, 0.5) is 5.69 Å². The van der Waals surface area contributed by atoms with Crippen LogP contribution in [0.15, 0.2) is 30.6 Å². The van der Waals surface area contributed by atoms with Crippen molar-refractivity contribution in [3.63, 3.8) is 0 Å². The molecule has 20 heavy (non-hydrogen) atoms. The van der Waals surface area contributed by atoms with Crippen LogP contribution in [0.1, 0.15) is 0 Å². The average Bonchev–Trinajstić information content (AvgIpc) is 2.87. The van der Waals surface area contributed by atoms with Crippen LogP contribution in [0.2, 0.25) is 0 Å². The molecule has 0 aliphatic carbocycles. The first-order chi connectivity index (χ1) is 9.60. The molecule has 8 nitrogen and oxygen atoms in total. The highest BCUT2D eigenvalue weighted by Crippen LogP contribution is 2.18. The molecule has 0 saturated heterocycles. The Morgan fingerprint density at radius 1 is 1.45 bits per heavy atom. The van der Waals surface area contributed by atoms with E-state index in [9.17, 15) is 15.2 Å². The molecule has 0 radical (unpaired) electrons. The number of aliphatic hydroxyl groups excluding tert-OH is 1. The maximum Gasteiger partial charge on any atom is 0.269 e. The molecule has 1 aromatic heterocycles. The minimum absolute atomic E-state index is 0.0173. The quantitative estimate of drug-likeness (QED) is 0.621. The molecule has 1 aromatic carbocycles. The minimum atomic E-state index is -0.661. The Bertz CT molecular complexity index is 581. The summed E-state index contributed by atoms with van der Waals surface area (Å²) >= 11 is 0. The van der Waals surface area contributed by atoms with Crippen LogP contribution >= 0.6 is 0 Å². The number of aliphatic hydroxyl groups is 1. The Labute approximate surface area is 114 Å². The molecule has 0 fully saturated rings. The van der Waals surface area contributed by atoms with Gasteiger partial charge in [0.1, 0.15) is 6.33 Å². The standard InChI is InChI=1S/C12H14N4O4/c1-20-7-11(17)6-15-8-13-12(14-15)9-2-4-10(5-3-9)16(18)19/h2-5,8,11,17H,6-7H2,1H3. The van der Waals surface area contributed by atoms with E-state index < -0.39 is 11.0 Å². The van der Waals surface area contributed by atoms with Crippen molar-refractivity contribution < 1.29 is 14.8 Å². The van der Waals surface area contributed by atoms with Crippen LogP contribution in [-0.2, 0) is 11.3 Å². The zero-order chi connectivity index (χ0) is 14.5. The van der Waals surface area contributed by atoms with Crippen molar-refractivity contribution in [1.82, 2.24) is 14.8 Å². The highest BCUT2D eigenvalue weighted by Gasteiger charge is 2.10. The van der Waals surface area contributed by atoms with Gasteiger partial charge in [-0.15, -0.1) is 0 Å². The molecule has 0 saturated carbocycles. The fourth-order valence-corrected chi connectivity index (χ4v) is 1.71. The van der Waals surface area contributed by atoms with Crippen LogP contribution in [0.5, 0.6) is 0 Å². The molecule has 1 heterocycles. The van der Waals surface area contributed by atoms with Gasteiger partial charge in [-0.25, -0.2) is 9.67 Å². The first-order valence-electron chi connectivity index (χ1n) is 5.91. The average molecular weight is 278 g/mol. The van der Waals surface area contributed by atoms with Gasteiger partial charge < -0.3 is 9.84 Å². The molecule has 8 heteroatoms. The predicted molar refractivity (Wildman–Crippen MR) is 70.0 cm³/mol. The minimum Gasteiger partial charge on any atom is -0.389 e. The monoisotopic (exact) mass is 278 g/mol. The summed E-state index contributed by atoms with van der Waals surface area (Å²) in [4.78, 5) is 14.2. The number of aromatic nitrogens is 3. The fourth-order valence-electron chi connectivity index (χ4n) is 1.71. The lowest BCUT2D eigenvalue weighted by molar-refractivity contribution is -0.384. The highest BCUT2D eigenvalue weighted by atomic mass is 16.6. The third kappa shape index (κ3) is 3.37. The van der Waals surface area contributed by atoms with Crippen LogP contribution in [0.25, 0.3) is 11.4 Å². The van der Waals surface area contributed by atoms with Crippen molar-refractivity contribution in [3.8, 4) is 11.4 Å². The number of non-ortho nitro benzene ring substituents is 1. The number of rotatable bonds is 6. The smallest absolute Gasteiger partial charge is 0.269 e. The molecule has 2 rings (SSSR count). The summed E-state index contributed by atoms with van der Waals surface area (Å²) in [6.45, 7) is 0.487. The zero-order valence-electron chi connectivity index (χ0n) is 10.8. The molecule has 1 atom stereocenters. The lowest BCUT2D eigenvalue weighted by Crippen LogP contribution is -2.21.